The third kappa shape index (κ3) is 1.68. The number of carbonyl (C=O) groups excluding carboxylic acids is 1. The van der Waals surface area contributed by atoms with E-state index >= 15 is 0 Å². The molecular weight excluding hydrogens is 204 g/mol. The van der Waals surface area contributed by atoms with Crippen molar-refractivity contribution < 1.29 is 19.0 Å². The summed E-state index contributed by atoms with van der Waals surface area (Å²) < 4.78 is 15.3. The molecule has 0 bridgehead atoms. The highest BCUT2D eigenvalue weighted by Gasteiger charge is 2.23. The molecule has 0 radical (unpaired) electrons. The highest BCUT2D eigenvalue weighted by Crippen LogP contribution is 2.47. The molecule has 14 heavy (non-hydrogen) atoms. The summed E-state index contributed by atoms with van der Waals surface area (Å²) in [6.45, 7) is 1.48. The molecule has 1 rings (SSSR count). The fourth-order valence-corrected chi connectivity index (χ4v) is 2.06. The van der Waals surface area contributed by atoms with Crippen LogP contribution in [0.2, 0.25) is 0 Å². The zero-order chi connectivity index (χ0) is 10.7. The lowest BCUT2D eigenvalue weighted by molar-refractivity contribution is 0.101. The van der Waals surface area contributed by atoms with E-state index < -0.39 is 0 Å². The Morgan fingerprint density at radius 1 is 1.07 bits per heavy atom. The summed E-state index contributed by atoms with van der Waals surface area (Å²) in [4.78, 5) is 11.8. The molecule has 0 unspecified atom stereocenters. The van der Waals surface area contributed by atoms with Gasteiger partial charge in [0.05, 0.1) is 21.3 Å². The molecule has 4 nitrogen and oxygen atoms in total. The molecule has 1 heterocycles. The van der Waals surface area contributed by atoms with Crippen LogP contribution in [0.5, 0.6) is 16.6 Å². The van der Waals surface area contributed by atoms with Crippen molar-refractivity contribution in [3.63, 3.8) is 0 Å². The van der Waals surface area contributed by atoms with E-state index in [0.717, 1.165) is 0 Å². The van der Waals surface area contributed by atoms with E-state index in [0.29, 0.717) is 21.4 Å². The van der Waals surface area contributed by atoms with Gasteiger partial charge in [0.1, 0.15) is 4.88 Å². The second-order valence-electron chi connectivity index (χ2n) is 2.55. The molecule has 0 spiro atoms. The molecule has 0 aromatic carbocycles. The van der Waals surface area contributed by atoms with Crippen molar-refractivity contribution in [3.05, 3.63) is 4.88 Å². The SMILES string of the molecule is COc1sc(C(C)=O)c(OC)c1OC. The van der Waals surface area contributed by atoms with E-state index in [1.165, 1.54) is 39.6 Å². The molecule has 0 amide bonds. The minimum atomic E-state index is -0.0616. The number of ether oxygens (including phenoxy) is 3. The van der Waals surface area contributed by atoms with Crippen LogP contribution in [-0.2, 0) is 0 Å². The van der Waals surface area contributed by atoms with Gasteiger partial charge in [-0.25, -0.2) is 0 Å². The Morgan fingerprint density at radius 3 is 2.00 bits per heavy atom. The molecule has 0 saturated carbocycles. The van der Waals surface area contributed by atoms with Crippen molar-refractivity contribution in [2.75, 3.05) is 21.3 Å². The van der Waals surface area contributed by atoms with Gasteiger partial charge in [-0.3, -0.25) is 4.79 Å². The quantitative estimate of drug-likeness (QED) is 0.722. The van der Waals surface area contributed by atoms with Crippen molar-refractivity contribution in [2.45, 2.75) is 6.92 Å². The first kappa shape index (κ1) is 10.8. The van der Waals surface area contributed by atoms with E-state index in [2.05, 4.69) is 0 Å². The number of methoxy groups -OCH3 is 3. The van der Waals surface area contributed by atoms with E-state index in [4.69, 9.17) is 14.2 Å². The van der Waals surface area contributed by atoms with Crippen LogP contribution < -0.4 is 14.2 Å². The molecule has 78 valence electrons. The number of hydrogen-bond donors (Lipinski definition) is 0. The summed E-state index contributed by atoms with van der Waals surface area (Å²) in [5, 5.41) is 0.551. The van der Waals surface area contributed by atoms with Crippen molar-refractivity contribution in [1.29, 1.82) is 0 Å². The summed E-state index contributed by atoms with van der Waals surface area (Å²) in [6, 6.07) is 0. The van der Waals surface area contributed by atoms with Crippen molar-refractivity contribution >= 4 is 17.1 Å². The maximum atomic E-state index is 11.2. The Morgan fingerprint density at radius 2 is 1.64 bits per heavy atom. The lowest BCUT2D eigenvalue weighted by Crippen LogP contribution is -1.94. The monoisotopic (exact) mass is 216 g/mol. The van der Waals surface area contributed by atoms with Crippen molar-refractivity contribution in [1.82, 2.24) is 0 Å². The van der Waals surface area contributed by atoms with Gasteiger partial charge in [-0.2, -0.15) is 0 Å². The maximum absolute atomic E-state index is 11.2. The van der Waals surface area contributed by atoms with Crippen LogP contribution in [0.25, 0.3) is 0 Å². The van der Waals surface area contributed by atoms with Gasteiger partial charge in [0.25, 0.3) is 0 Å². The largest absolute Gasteiger partial charge is 0.491 e. The summed E-state index contributed by atoms with van der Waals surface area (Å²) in [5.41, 5.74) is 0. The number of rotatable bonds is 4. The molecule has 0 aliphatic heterocycles. The zero-order valence-electron chi connectivity index (χ0n) is 8.54. The van der Waals surface area contributed by atoms with Gasteiger partial charge in [-0.1, -0.05) is 11.3 Å². The Bertz CT molecular complexity index is 343. The van der Waals surface area contributed by atoms with Crippen LogP contribution in [0.3, 0.4) is 0 Å². The molecule has 1 aromatic rings. The van der Waals surface area contributed by atoms with E-state index in [-0.39, 0.29) is 5.78 Å². The Hall–Kier alpha value is -1.23. The predicted octanol–water partition coefficient (Wildman–Crippen LogP) is 1.98. The summed E-state index contributed by atoms with van der Waals surface area (Å²) in [5.74, 6) is 0.862. The first-order chi connectivity index (χ1) is 6.65. The molecule has 0 fully saturated rings. The van der Waals surface area contributed by atoms with Crippen LogP contribution in [0.4, 0.5) is 0 Å². The molecule has 0 aliphatic rings. The fourth-order valence-electron chi connectivity index (χ4n) is 1.11. The maximum Gasteiger partial charge on any atom is 0.221 e. The first-order valence-corrected chi connectivity index (χ1v) is 4.77. The Balaban J connectivity index is 3.31. The Labute approximate surface area is 86.4 Å². The molecule has 0 N–H and O–H groups in total. The third-order valence-electron chi connectivity index (χ3n) is 1.71. The minimum Gasteiger partial charge on any atom is -0.491 e. The highest BCUT2D eigenvalue weighted by molar-refractivity contribution is 7.16. The summed E-state index contributed by atoms with van der Waals surface area (Å²) in [7, 11) is 4.53. The second kappa shape index (κ2) is 4.32. The highest BCUT2D eigenvalue weighted by atomic mass is 32.1. The molecular formula is C9H12O4S. The van der Waals surface area contributed by atoms with E-state index in [1.807, 2.05) is 0 Å². The lowest BCUT2D eigenvalue weighted by atomic mass is 10.3. The van der Waals surface area contributed by atoms with Crippen molar-refractivity contribution in [3.8, 4) is 16.6 Å². The van der Waals surface area contributed by atoms with Gasteiger partial charge < -0.3 is 14.2 Å². The van der Waals surface area contributed by atoms with Crippen LogP contribution >= 0.6 is 11.3 Å². The van der Waals surface area contributed by atoms with Crippen LogP contribution in [0.15, 0.2) is 0 Å². The van der Waals surface area contributed by atoms with Crippen LogP contribution in [0.1, 0.15) is 16.6 Å². The van der Waals surface area contributed by atoms with Gasteiger partial charge in [0.2, 0.25) is 10.8 Å². The predicted molar refractivity (Wildman–Crippen MR) is 54.0 cm³/mol. The molecule has 0 saturated heterocycles. The number of carbonyl (C=O) groups is 1. The first-order valence-electron chi connectivity index (χ1n) is 3.95. The Kier molecular flexibility index (Phi) is 3.35. The fraction of sp³-hybridized carbons (Fsp3) is 0.444. The molecule has 5 heteroatoms. The number of ketones is 1. The second-order valence-corrected chi connectivity index (χ2v) is 3.53. The normalized spacial score (nSPS) is 9.71. The van der Waals surface area contributed by atoms with Gasteiger partial charge in [0.15, 0.2) is 11.5 Å². The minimum absolute atomic E-state index is 0.0616. The van der Waals surface area contributed by atoms with Crippen LogP contribution in [-0.4, -0.2) is 27.1 Å². The average Bonchev–Trinajstić information content (AvgIpc) is 2.54. The van der Waals surface area contributed by atoms with Gasteiger partial charge in [-0.05, 0) is 0 Å². The van der Waals surface area contributed by atoms with E-state index in [9.17, 15) is 4.79 Å². The molecule has 0 atom stereocenters. The summed E-state index contributed by atoms with van der Waals surface area (Å²) in [6.07, 6.45) is 0. The molecule has 0 aliphatic carbocycles. The van der Waals surface area contributed by atoms with Crippen molar-refractivity contribution in [2.24, 2.45) is 0 Å². The zero-order valence-corrected chi connectivity index (χ0v) is 9.36. The number of thiophene rings is 1. The number of Topliss-reactive ketones (excluding diaryl/α,β-unsaturated/α-hetero) is 1. The third-order valence-corrected chi connectivity index (χ3v) is 2.92. The smallest absolute Gasteiger partial charge is 0.221 e. The van der Waals surface area contributed by atoms with E-state index in [1.54, 1.807) is 0 Å². The summed E-state index contributed by atoms with van der Waals surface area (Å²) >= 11 is 1.22. The standard InChI is InChI=1S/C9H12O4S/c1-5(10)8-6(11-2)7(12-3)9(13-4)14-8/h1-4H3. The van der Waals surface area contributed by atoms with Gasteiger partial charge >= 0.3 is 0 Å². The average molecular weight is 216 g/mol. The van der Waals surface area contributed by atoms with Gasteiger partial charge in [-0.15, -0.1) is 0 Å². The molecule has 1 aromatic heterocycles. The van der Waals surface area contributed by atoms with Gasteiger partial charge in [0, 0.05) is 6.92 Å². The topological polar surface area (TPSA) is 44.8 Å². The van der Waals surface area contributed by atoms with Crippen LogP contribution in [0, 0.1) is 0 Å². The number of hydrogen-bond acceptors (Lipinski definition) is 5. The lowest BCUT2D eigenvalue weighted by Gasteiger charge is -2.03.